The summed E-state index contributed by atoms with van der Waals surface area (Å²) in [5.41, 5.74) is -1.43. The van der Waals surface area contributed by atoms with Crippen molar-refractivity contribution in [2.24, 2.45) is 5.41 Å². The lowest BCUT2D eigenvalue weighted by Gasteiger charge is -2.43. The van der Waals surface area contributed by atoms with Crippen LogP contribution in [0.5, 0.6) is 5.75 Å². The van der Waals surface area contributed by atoms with Gasteiger partial charge < -0.3 is 20.3 Å². The zero-order chi connectivity index (χ0) is 24.6. The summed E-state index contributed by atoms with van der Waals surface area (Å²) in [7, 11) is 0. The van der Waals surface area contributed by atoms with Crippen LogP contribution in [0.2, 0.25) is 0 Å². The van der Waals surface area contributed by atoms with Gasteiger partial charge in [0.1, 0.15) is 11.3 Å². The van der Waals surface area contributed by atoms with E-state index in [0.29, 0.717) is 16.4 Å². The van der Waals surface area contributed by atoms with Crippen molar-refractivity contribution in [1.29, 1.82) is 0 Å². The van der Waals surface area contributed by atoms with E-state index in [1.807, 2.05) is 0 Å². The Balaban J connectivity index is 1.62. The second-order valence-corrected chi connectivity index (χ2v) is 10.2. The van der Waals surface area contributed by atoms with E-state index in [0.717, 1.165) is 25.7 Å². The third kappa shape index (κ3) is 4.97. The number of aliphatic hydroxyl groups is 1. The summed E-state index contributed by atoms with van der Waals surface area (Å²) < 4.78 is 48.5. The molecule has 0 aromatic heterocycles. The van der Waals surface area contributed by atoms with Crippen LogP contribution < -0.4 is 10.1 Å². The summed E-state index contributed by atoms with van der Waals surface area (Å²) in [4.78, 5) is 11.1. The molecule has 2 aromatic carbocycles. The van der Waals surface area contributed by atoms with Gasteiger partial charge in [0.15, 0.2) is 0 Å². The van der Waals surface area contributed by atoms with Crippen molar-refractivity contribution in [2.75, 3.05) is 6.61 Å². The lowest BCUT2D eigenvalue weighted by molar-refractivity contribution is -0.138. The van der Waals surface area contributed by atoms with Crippen molar-refractivity contribution in [3.05, 3.63) is 41.5 Å². The highest BCUT2D eigenvalue weighted by molar-refractivity contribution is 5.89. The van der Waals surface area contributed by atoms with Crippen molar-refractivity contribution >= 4 is 16.9 Å². The molecule has 34 heavy (non-hydrogen) atoms. The van der Waals surface area contributed by atoms with Crippen molar-refractivity contribution < 1.29 is 32.9 Å². The number of hydrogen-bond donors (Lipinski definition) is 3. The fourth-order valence-electron chi connectivity index (χ4n) is 5.79. The monoisotopic (exact) mass is 479 g/mol. The van der Waals surface area contributed by atoms with Gasteiger partial charge in [0.25, 0.3) is 0 Å². The number of halogens is 3. The van der Waals surface area contributed by atoms with Gasteiger partial charge in [0.2, 0.25) is 0 Å². The Kier molecular flexibility index (Phi) is 6.73. The first-order valence-electron chi connectivity index (χ1n) is 12.0. The summed E-state index contributed by atoms with van der Waals surface area (Å²) in [5, 5.41) is 21.4. The molecule has 5 nitrogen and oxygen atoms in total. The van der Waals surface area contributed by atoms with E-state index in [9.17, 15) is 23.1 Å². The highest BCUT2D eigenvalue weighted by Gasteiger charge is 2.40. The predicted octanol–water partition coefficient (Wildman–Crippen LogP) is 6.61. The molecule has 0 unspecified atom stereocenters. The second-order valence-electron chi connectivity index (χ2n) is 10.2. The Bertz CT molecular complexity index is 1040. The van der Waals surface area contributed by atoms with Crippen LogP contribution in [0.3, 0.4) is 0 Å². The number of ether oxygens (including phenoxy) is 1. The van der Waals surface area contributed by atoms with Gasteiger partial charge in [-0.3, -0.25) is 0 Å². The van der Waals surface area contributed by atoms with E-state index in [-0.39, 0.29) is 17.2 Å². The molecule has 0 aliphatic heterocycles. The van der Waals surface area contributed by atoms with Crippen LogP contribution in [0.4, 0.5) is 18.0 Å². The average molecular weight is 480 g/mol. The quantitative estimate of drug-likeness (QED) is 0.451. The predicted molar refractivity (Wildman–Crippen MR) is 123 cm³/mol. The minimum atomic E-state index is -4.62. The third-order valence-electron chi connectivity index (χ3n) is 7.80. The Morgan fingerprint density at radius 2 is 1.76 bits per heavy atom. The molecule has 2 aromatic rings. The summed E-state index contributed by atoms with van der Waals surface area (Å²) >= 11 is 0. The number of amides is 1. The number of aliphatic hydroxyl groups excluding tert-OH is 1. The van der Waals surface area contributed by atoms with Crippen LogP contribution in [0, 0.1) is 5.41 Å². The Morgan fingerprint density at radius 3 is 2.35 bits per heavy atom. The summed E-state index contributed by atoms with van der Waals surface area (Å²) in [5.74, 6) is -0.161. The van der Waals surface area contributed by atoms with Gasteiger partial charge >= 0.3 is 12.3 Å². The Morgan fingerprint density at radius 1 is 1.09 bits per heavy atom. The Hall–Kier alpha value is -2.48. The van der Waals surface area contributed by atoms with Crippen LogP contribution >= 0.6 is 0 Å². The van der Waals surface area contributed by atoms with Gasteiger partial charge in [-0.2, -0.15) is 13.2 Å². The topological polar surface area (TPSA) is 78.8 Å². The minimum absolute atomic E-state index is 0.0103. The molecule has 2 aliphatic carbocycles. The van der Waals surface area contributed by atoms with Gasteiger partial charge in [-0.1, -0.05) is 37.5 Å². The molecule has 3 N–H and O–H groups in total. The maximum Gasteiger partial charge on any atom is 0.420 e. The summed E-state index contributed by atoms with van der Waals surface area (Å²) in [6, 6.07) is 7.15. The number of carbonyl (C=O) groups is 1. The van der Waals surface area contributed by atoms with Gasteiger partial charge in [0, 0.05) is 0 Å². The van der Waals surface area contributed by atoms with E-state index in [2.05, 4.69) is 5.32 Å². The maximum atomic E-state index is 14.2. The van der Waals surface area contributed by atoms with Gasteiger partial charge in [-0.05, 0) is 79.3 Å². The standard InChI is InChI=1S/C26H32F3NO4/c1-24(16-31,30-23(32)33)18-6-7-20-17(15-18)5-8-21(22(20)26(27,28)29)34-19-9-13-25(14-10-19)11-3-2-4-12-25/h5-8,15,19,30-31H,2-4,9-14,16H2,1H3,(H,32,33)/t24-/m0/s1. The smallest absolute Gasteiger partial charge is 0.420 e. The molecule has 0 heterocycles. The maximum absolute atomic E-state index is 14.2. The molecule has 0 radical (unpaired) electrons. The third-order valence-corrected chi connectivity index (χ3v) is 7.80. The van der Waals surface area contributed by atoms with Crippen LogP contribution in [0.1, 0.15) is 75.8 Å². The SMILES string of the molecule is C[C@@](CO)(NC(=O)O)c1ccc2c(C(F)(F)F)c(OC3CCC4(CCCCC4)CC3)ccc2c1. The number of rotatable bonds is 5. The van der Waals surface area contributed by atoms with Crippen molar-refractivity contribution in [1.82, 2.24) is 5.32 Å². The molecule has 0 saturated heterocycles. The van der Waals surface area contributed by atoms with E-state index in [1.54, 1.807) is 6.07 Å². The normalized spacial score (nSPS) is 20.7. The van der Waals surface area contributed by atoms with E-state index in [1.165, 1.54) is 63.3 Å². The molecular formula is C26H32F3NO4. The molecule has 0 bridgehead atoms. The highest BCUT2D eigenvalue weighted by atomic mass is 19.4. The van der Waals surface area contributed by atoms with Crippen LogP contribution in [-0.2, 0) is 11.7 Å². The van der Waals surface area contributed by atoms with Gasteiger partial charge in [-0.15, -0.1) is 0 Å². The molecule has 8 heteroatoms. The lowest BCUT2D eigenvalue weighted by atomic mass is 9.65. The van der Waals surface area contributed by atoms with Crippen LogP contribution in [-0.4, -0.2) is 29.0 Å². The summed E-state index contributed by atoms with van der Waals surface area (Å²) in [6.07, 6.45) is 3.56. The molecule has 2 aliphatic rings. The molecule has 4 rings (SSSR count). The number of nitrogens with one attached hydrogen (secondary N) is 1. The zero-order valence-electron chi connectivity index (χ0n) is 19.4. The largest absolute Gasteiger partial charge is 0.490 e. The van der Waals surface area contributed by atoms with Crippen molar-refractivity contribution in [2.45, 2.75) is 82.5 Å². The van der Waals surface area contributed by atoms with Gasteiger partial charge in [-0.25, -0.2) is 4.79 Å². The van der Waals surface area contributed by atoms with E-state index in [4.69, 9.17) is 9.84 Å². The average Bonchev–Trinajstić information content (AvgIpc) is 2.79. The van der Waals surface area contributed by atoms with Crippen LogP contribution in [0.25, 0.3) is 10.8 Å². The lowest BCUT2D eigenvalue weighted by Crippen LogP contribution is -2.45. The van der Waals surface area contributed by atoms with E-state index < -0.39 is 30.0 Å². The molecule has 186 valence electrons. The molecule has 2 fully saturated rings. The number of hydrogen-bond acceptors (Lipinski definition) is 3. The second kappa shape index (κ2) is 9.29. The number of benzene rings is 2. The number of fused-ring (bicyclic) bond motifs is 1. The number of alkyl halides is 3. The minimum Gasteiger partial charge on any atom is -0.490 e. The molecule has 2 saturated carbocycles. The Labute approximate surface area is 197 Å². The van der Waals surface area contributed by atoms with Crippen molar-refractivity contribution in [3.8, 4) is 5.75 Å². The first-order valence-corrected chi connectivity index (χ1v) is 12.0. The first kappa shape index (κ1) is 24.6. The molecule has 1 atom stereocenters. The van der Waals surface area contributed by atoms with Crippen molar-refractivity contribution in [3.63, 3.8) is 0 Å². The summed E-state index contributed by atoms with van der Waals surface area (Å²) in [6.45, 7) is 0.938. The molecular weight excluding hydrogens is 447 g/mol. The highest BCUT2D eigenvalue weighted by Crippen LogP contribution is 2.49. The van der Waals surface area contributed by atoms with E-state index >= 15 is 0 Å². The molecule has 1 spiro atoms. The number of carboxylic acid groups (broad SMARTS) is 1. The van der Waals surface area contributed by atoms with Crippen LogP contribution in [0.15, 0.2) is 30.3 Å². The fourth-order valence-corrected chi connectivity index (χ4v) is 5.79. The van der Waals surface area contributed by atoms with Gasteiger partial charge in [0.05, 0.1) is 18.2 Å². The fraction of sp³-hybridized carbons (Fsp3) is 0.577. The first-order chi connectivity index (χ1) is 16.1. The molecule has 1 amide bonds. The zero-order valence-corrected chi connectivity index (χ0v) is 19.4.